The van der Waals surface area contributed by atoms with Gasteiger partial charge in [-0.3, -0.25) is 9.59 Å². The summed E-state index contributed by atoms with van der Waals surface area (Å²) in [4.78, 5) is 27.3. The normalized spacial score (nSPS) is 14.5. The second-order valence-corrected chi connectivity index (χ2v) is 9.74. The number of carbonyl (C=O) groups excluding carboxylic acids is 2. The van der Waals surface area contributed by atoms with Crippen molar-refractivity contribution in [2.75, 3.05) is 33.9 Å². The van der Waals surface area contributed by atoms with E-state index in [0.717, 1.165) is 16.9 Å². The van der Waals surface area contributed by atoms with E-state index in [1.54, 1.807) is 32.4 Å². The molecule has 7 heteroatoms. The minimum atomic E-state index is -0.148. The highest BCUT2D eigenvalue weighted by molar-refractivity contribution is 5.95. The van der Waals surface area contributed by atoms with Crippen LogP contribution in [0, 0.1) is 6.92 Å². The molecule has 3 rings (SSSR count). The van der Waals surface area contributed by atoms with Crippen molar-refractivity contribution in [3.63, 3.8) is 0 Å². The van der Waals surface area contributed by atoms with Crippen molar-refractivity contribution in [2.45, 2.75) is 52.0 Å². The highest BCUT2D eigenvalue weighted by Crippen LogP contribution is 2.32. The number of methoxy groups -OCH3 is 2. The summed E-state index contributed by atoms with van der Waals surface area (Å²) in [5.41, 5.74) is 2.73. The van der Waals surface area contributed by atoms with E-state index in [1.807, 2.05) is 24.0 Å². The Morgan fingerprint density at radius 1 is 0.971 bits per heavy atom. The zero-order valence-corrected chi connectivity index (χ0v) is 21.1. The van der Waals surface area contributed by atoms with Crippen LogP contribution in [0.1, 0.15) is 55.1 Å². The standard InChI is InChI=1S/C27H36N2O5/c1-18-7-9-22(21(15-18)27(2,3)4)34-17-25(30)28-20-11-13-29(14-12-20)26(31)19-8-10-23(32-5)24(16-19)33-6/h7-10,15-16,20H,11-14,17H2,1-6H3,(H,28,30). The number of ether oxygens (including phenoxy) is 3. The van der Waals surface area contributed by atoms with Gasteiger partial charge in [0.25, 0.3) is 11.8 Å². The highest BCUT2D eigenvalue weighted by atomic mass is 16.5. The molecule has 184 valence electrons. The predicted molar refractivity (Wildman–Crippen MR) is 132 cm³/mol. The van der Waals surface area contributed by atoms with Crippen molar-refractivity contribution in [1.29, 1.82) is 0 Å². The number of likely N-dealkylation sites (tertiary alicyclic amines) is 1. The summed E-state index contributed by atoms with van der Waals surface area (Å²) < 4.78 is 16.4. The maximum atomic E-state index is 12.9. The molecular formula is C27H36N2O5. The van der Waals surface area contributed by atoms with Gasteiger partial charge in [0, 0.05) is 24.7 Å². The molecule has 0 spiro atoms. The monoisotopic (exact) mass is 468 g/mol. The molecule has 0 radical (unpaired) electrons. The van der Waals surface area contributed by atoms with Crippen LogP contribution in [0.5, 0.6) is 17.2 Å². The number of nitrogens with one attached hydrogen (secondary N) is 1. The largest absolute Gasteiger partial charge is 0.493 e. The van der Waals surface area contributed by atoms with Gasteiger partial charge in [-0.1, -0.05) is 38.5 Å². The topological polar surface area (TPSA) is 77.1 Å². The molecule has 1 saturated heterocycles. The Hall–Kier alpha value is -3.22. The van der Waals surface area contributed by atoms with Crippen LogP contribution < -0.4 is 19.5 Å². The highest BCUT2D eigenvalue weighted by Gasteiger charge is 2.26. The van der Waals surface area contributed by atoms with E-state index in [9.17, 15) is 9.59 Å². The summed E-state index contributed by atoms with van der Waals surface area (Å²) in [6.07, 6.45) is 1.39. The second kappa shape index (κ2) is 10.8. The molecule has 0 saturated carbocycles. The zero-order chi connectivity index (χ0) is 24.9. The number of aryl methyl sites for hydroxylation is 1. The maximum absolute atomic E-state index is 12.9. The van der Waals surface area contributed by atoms with E-state index < -0.39 is 0 Å². The van der Waals surface area contributed by atoms with Gasteiger partial charge >= 0.3 is 0 Å². The fraction of sp³-hybridized carbons (Fsp3) is 0.481. The van der Waals surface area contributed by atoms with Gasteiger partial charge in [0.05, 0.1) is 14.2 Å². The fourth-order valence-corrected chi connectivity index (χ4v) is 4.15. The van der Waals surface area contributed by atoms with Crippen molar-refractivity contribution < 1.29 is 23.8 Å². The van der Waals surface area contributed by atoms with Gasteiger partial charge < -0.3 is 24.4 Å². The molecule has 1 heterocycles. The Bertz CT molecular complexity index is 1020. The van der Waals surface area contributed by atoms with Crippen LogP contribution in [0.4, 0.5) is 0 Å². The summed E-state index contributed by atoms with van der Waals surface area (Å²) in [7, 11) is 3.11. The van der Waals surface area contributed by atoms with Crippen LogP contribution in [0.2, 0.25) is 0 Å². The Morgan fingerprint density at radius 2 is 1.62 bits per heavy atom. The molecule has 2 aromatic carbocycles. The summed E-state index contributed by atoms with van der Waals surface area (Å²) in [5, 5.41) is 3.05. The van der Waals surface area contributed by atoms with Gasteiger partial charge in [-0.25, -0.2) is 0 Å². The van der Waals surface area contributed by atoms with Gasteiger partial charge in [0.15, 0.2) is 18.1 Å². The first-order chi connectivity index (χ1) is 16.1. The van der Waals surface area contributed by atoms with Crippen LogP contribution >= 0.6 is 0 Å². The molecule has 0 unspecified atom stereocenters. The molecule has 0 aromatic heterocycles. The average molecular weight is 469 g/mol. The first-order valence-corrected chi connectivity index (χ1v) is 11.7. The van der Waals surface area contributed by atoms with Crippen molar-refractivity contribution in [1.82, 2.24) is 10.2 Å². The second-order valence-electron chi connectivity index (χ2n) is 9.74. The maximum Gasteiger partial charge on any atom is 0.258 e. The minimum absolute atomic E-state index is 0.0191. The van der Waals surface area contributed by atoms with E-state index in [0.29, 0.717) is 43.0 Å². The van der Waals surface area contributed by atoms with Crippen LogP contribution in [0.15, 0.2) is 36.4 Å². The number of benzene rings is 2. The molecule has 34 heavy (non-hydrogen) atoms. The molecule has 1 N–H and O–H groups in total. The third kappa shape index (κ3) is 6.22. The number of nitrogens with zero attached hydrogens (tertiary/aromatic N) is 1. The van der Waals surface area contributed by atoms with Crippen molar-refractivity contribution in [2.24, 2.45) is 0 Å². The van der Waals surface area contributed by atoms with Crippen LogP contribution in [-0.4, -0.2) is 56.7 Å². The van der Waals surface area contributed by atoms with Crippen LogP contribution in [0.25, 0.3) is 0 Å². The molecule has 1 aliphatic heterocycles. The van der Waals surface area contributed by atoms with Gasteiger partial charge in [-0.2, -0.15) is 0 Å². The average Bonchev–Trinajstić information content (AvgIpc) is 2.82. The quantitative estimate of drug-likeness (QED) is 0.662. The fourth-order valence-electron chi connectivity index (χ4n) is 4.15. The van der Waals surface area contributed by atoms with Crippen molar-refractivity contribution >= 4 is 11.8 Å². The molecule has 7 nitrogen and oxygen atoms in total. The van der Waals surface area contributed by atoms with E-state index in [4.69, 9.17) is 14.2 Å². The third-order valence-electron chi connectivity index (χ3n) is 6.08. The summed E-state index contributed by atoms with van der Waals surface area (Å²) in [6, 6.07) is 11.2. The molecule has 0 atom stereocenters. The molecule has 0 bridgehead atoms. The molecule has 0 aliphatic carbocycles. The Balaban J connectivity index is 1.51. The smallest absolute Gasteiger partial charge is 0.258 e. The van der Waals surface area contributed by atoms with E-state index in [1.165, 1.54) is 0 Å². The Kier molecular flexibility index (Phi) is 8.07. The number of hydrogen-bond acceptors (Lipinski definition) is 5. The Morgan fingerprint density at radius 3 is 2.24 bits per heavy atom. The Labute approximate surface area is 202 Å². The summed E-state index contributed by atoms with van der Waals surface area (Å²) in [6.45, 7) is 9.56. The lowest BCUT2D eigenvalue weighted by Gasteiger charge is -2.32. The van der Waals surface area contributed by atoms with Crippen LogP contribution in [-0.2, 0) is 10.2 Å². The summed E-state index contributed by atoms with van der Waals surface area (Å²) >= 11 is 0. The molecule has 2 amide bonds. The number of piperidine rings is 1. The van der Waals surface area contributed by atoms with Gasteiger partial charge in [0.2, 0.25) is 0 Å². The lowest BCUT2D eigenvalue weighted by molar-refractivity contribution is -0.124. The molecular weight excluding hydrogens is 432 g/mol. The number of carbonyl (C=O) groups is 2. The van der Waals surface area contributed by atoms with Crippen molar-refractivity contribution in [3.8, 4) is 17.2 Å². The minimum Gasteiger partial charge on any atom is -0.493 e. The third-order valence-corrected chi connectivity index (χ3v) is 6.08. The number of amides is 2. The number of hydrogen-bond donors (Lipinski definition) is 1. The SMILES string of the molecule is COc1ccc(C(=O)N2CCC(NC(=O)COc3ccc(C)cc3C(C)(C)C)CC2)cc1OC. The van der Waals surface area contributed by atoms with Gasteiger partial charge in [-0.05, 0) is 55.0 Å². The lowest BCUT2D eigenvalue weighted by Crippen LogP contribution is -2.47. The van der Waals surface area contributed by atoms with Crippen LogP contribution in [0.3, 0.4) is 0 Å². The van der Waals surface area contributed by atoms with Gasteiger partial charge in [0.1, 0.15) is 5.75 Å². The number of rotatable bonds is 7. The van der Waals surface area contributed by atoms with E-state index >= 15 is 0 Å². The van der Waals surface area contributed by atoms with Crippen molar-refractivity contribution in [3.05, 3.63) is 53.1 Å². The molecule has 2 aromatic rings. The lowest BCUT2D eigenvalue weighted by atomic mass is 9.85. The molecule has 1 aliphatic rings. The first kappa shape index (κ1) is 25.4. The molecule has 1 fully saturated rings. The van der Waals surface area contributed by atoms with Gasteiger partial charge in [-0.15, -0.1) is 0 Å². The summed E-state index contributed by atoms with van der Waals surface area (Å²) in [5.74, 6) is 1.65. The predicted octanol–water partition coefficient (Wildman–Crippen LogP) is 4.11. The van der Waals surface area contributed by atoms with E-state index in [2.05, 4.69) is 32.2 Å². The first-order valence-electron chi connectivity index (χ1n) is 11.7. The zero-order valence-electron chi connectivity index (χ0n) is 21.1. The van der Waals surface area contributed by atoms with E-state index in [-0.39, 0.29) is 29.9 Å².